The van der Waals surface area contributed by atoms with E-state index < -0.39 is 0 Å². The van der Waals surface area contributed by atoms with Gasteiger partial charge in [-0.05, 0) is 71.7 Å². The van der Waals surface area contributed by atoms with Crippen molar-refractivity contribution >= 4 is 38.9 Å². The normalized spacial score (nSPS) is 12.7. The highest BCUT2D eigenvalue weighted by molar-refractivity contribution is 9.11. The molecule has 0 saturated heterocycles. The summed E-state index contributed by atoms with van der Waals surface area (Å²) in [7, 11) is 1.88. The molecule has 0 aliphatic rings. The average Bonchev–Trinajstić information content (AvgIpc) is 2.70. The van der Waals surface area contributed by atoms with E-state index in [4.69, 9.17) is 11.6 Å². The molecule has 0 bridgehead atoms. The lowest BCUT2D eigenvalue weighted by atomic mass is 10.0. The minimum absolute atomic E-state index is 0.0861. The van der Waals surface area contributed by atoms with Crippen LogP contribution in [0.2, 0.25) is 5.02 Å². The van der Waals surface area contributed by atoms with Crippen molar-refractivity contribution < 1.29 is 4.39 Å². The summed E-state index contributed by atoms with van der Waals surface area (Å²) in [5.41, 5.74) is 1.83. The summed E-state index contributed by atoms with van der Waals surface area (Å²) in [5, 5.41) is 3.80. The summed E-state index contributed by atoms with van der Waals surface area (Å²) in [5.74, 6) is -0.211. The van der Waals surface area contributed by atoms with Gasteiger partial charge < -0.3 is 5.32 Å². The van der Waals surface area contributed by atoms with Crippen molar-refractivity contribution in [2.24, 2.45) is 0 Å². The second-order valence-corrected chi connectivity index (χ2v) is 7.22. The van der Waals surface area contributed by atoms with Crippen molar-refractivity contribution in [3.63, 3.8) is 0 Å². The first-order valence-corrected chi connectivity index (χ1v) is 7.87. The largest absolute Gasteiger partial charge is 0.312 e. The molecule has 1 heterocycles. The predicted octanol–water partition coefficient (Wildman–Crippen LogP) is 5.11. The molecule has 1 atom stereocenters. The number of halogens is 3. The smallest absolute Gasteiger partial charge is 0.126 e. The fourth-order valence-electron chi connectivity index (χ4n) is 1.92. The number of hydrogen-bond donors (Lipinski definition) is 1. The van der Waals surface area contributed by atoms with Crippen LogP contribution >= 0.6 is 38.9 Å². The molecule has 1 N–H and O–H groups in total. The van der Waals surface area contributed by atoms with Crippen molar-refractivity contribution in [1.29, 1.82) is 0 Å². The van der Waals surface area contributed by atoms with Gasteiger partial charge >= 0.3 is 0 Å². The highest BCUT2D eigenvalue weighted by Crippen LogP contribution is 2.33. The van der Waals surface area contributed by atoms with Crippen LogP contribution < -0.4 is 5.32 Å². The quantitative estimate of drug-likeness (QED) is 0.796. The molecule has 2 aromatic rings. The number of likely N-dealkylation sites (N-methyl/N-ethyl adjacent to an activating group) is 1. The lowest BCUT2D eigenvalue weighted by Gasteiger charge is -2.15. The number of hydrogen-bond acceptors (Lipinski definition) is 2. The number of rotatable bonds is 4. The summed E-state index contributed by atoms with van der Waals surface area (Å²) >= 11 is 11.1. The molecule has 0 fully saturated rings. The van der Waals surface area contributed by atoms with Gasteiger partial charge in [-0.25, -0.2) is 4.39 Å². The Kier molecular flexibility index (Phi) is 5.01. The molecular weight excluding hydrogens is 349 g/mol. The van der Waals surface area contributed by atoms with E-state index in [1.807, 2.05) is 7.05 Å². The second kappa shape index (κ2) is 6.35. The van der Waals surface area contributed by atoms with Crippen LogP contribution in [-0.2, 0) is 6.42 Å². The van der Waals surface area contributed by atoms with Crippen LogP contribution in [0.5, 0.6) is 0 Å². The van der Waals surface area contributed by atoms with Crippen molar-refractivity contribution in [1.82, 2.24) is 5.32 Å². The lowest BCUT2D eigenvalue weighted by molar-refractivity contribution is 0.560. The zero-order valence-electron chi connectivity index (χ0n) is 10.6. The molecule has 2 rings (SSSR count). The topological polar surface area (TPSA) is 12.0 Å². The van der Waals surface area contributed by atoms with Gasteiger partial charge in [0.05, 0.1) is 3.79 Å². The third-order valence-corrected chi connectivity index (χ3v) is 5.49. The van der Waals surface area contributed by atoms with Crippen LogP contribution in [0.3, 0.4) is 0 Å². The van der Waals surface area contributed by atoms with E-state index in [2.05, 4.69) is 34.2 Å². The van der Waals surface area contributed by atoms with Crippen LogP contribution in [0.1, 0.15) is 22.0 Å². The van der Waals surface area contributed by atoms with Gasteiger partial charge in [0.2, 0.25) is 0 Å². The SMILES string of the molecule is CNC(Cc1cc(Cl)ccc1F)c1cc(C)c(Br)s1. The Labute approximate surface area is 129 Å². The highest BCUT2D eigenvalue weighted by Gasteiger charge is 2.16. The second-order valence-electron chi connectivity index (χ2n) is 4.39. The summed E-state index contributed by atoms with van der Waals surface area (Å²) in [4.78, 5) is 1.19. The molecule has 0 radical (unpaired) electrons. The molecule has 0 aliphatic carbocycles. The molecule has 0 spiro atoms. The molecule has 0 saturated carbocycles. The van der Waals surface area contributed by atoms with Crippen LogP contribution in [0.15, 0.2) is 28.1 Å². The molecule has 5 heteroatoms. The Bertz CT molecular complexity index is 565. The van der Waals surface area contributed by atoms with Crippen molar-refractivity contribution in [3.8, 4) is 0 Å². The maximum absolute atomic E-state index is 13.8. The summed E-state index contributed by atoms with van der Waals surface area (Å²) in [6.45, 7) is 2.05. The van der Waals surface area contributed by atoms with E-state index >= 15 is 0 Å². The molecule has 1 unspecified atom stereocenters. The van der Waals surface area contributed by atoms with Crippen LogP contribution in [0.25, 0.3) is 0 Å². The summed E-state index contributed by atoms with van der Waals surface area (Å²) in [6.07, 6.45) is 0.579. The summed E-state index contributed by atoms with van der Waals surface area (Å²) < 4.78 is 14.9. The van der Waals surface area contributed by atoms with Crippen molar-refractivity contribution in [3.05, 3.63) is 54.9 Å². The summed E-state index contributed by atoms with van der Waals surface area (Å²) in [6, 6.07) is 6.89. The standard InChI is InChI=1S/C14H14BrClFNS/c1-8-5-13(19-14(8)15)12(18-2)7-9-6-10(16)3-4-11(9)17/h3-6,12,18H,7H2,1-2H3. The van der Waals surface area contributed by atoms with Gasteiger partial charge in [0.25, 0.3) is 0 Å². The van der Waals surface area contributed by atoms with Gasteiger partial charge in [0, 0.05) is 15.9 Å². The van der Waals surface area contributed by atoms with Crippen LogP contribution in [0, 0.1) is 12.7 Å². The zero-order chi connectivity index (χ0) is 14.0. The molecule has 0 amide bonds. The van der Waals surface area contributed by atoms with Gasteiger partial charge in [0.15, 0.2) is 0 Å². The van der Waals surface area contributed by atoms with Gasteiger partial charge in [-0.3, -0.25) is 0 Å². The Morgan fingerprint density at radius 2 is 2.16 bits per heavy atom. The zero-order valence-corrected chi connectivity index (χ0v) is 13.8. The number of aryl methyl sites for hydroxylation is 1. The maximum Gasteiger partial charge on any atom is 0.126 e. The van der Waals surface area contributed by atoms with Gasteiger partial charge in [-0.2, -0.15) is 0 Å². The van der Waals surface area contributed by atoms with E-state index in [0.717, 1.165) is 3.79 Å². The van der Waals surface area contributed by atoms with Gasteiger partial charge in [-0.15, -0.1) is 11.3 Å². The molecule has 1 aromatic heterocycles. The van der Waals surface area contributed by atoms with Crippen molar-refractivity contribution in [2.45, 2.75) is 19.4 Å². The Morgan fingerprint density at radius 1 is 1.42 bits per heavy atom. The Morgan fingerprint density at radius 3 is 2.74 bits per heavy atom. The average molecular weight is 363 g/mol. The Balaban J connectivity index is 2.26. The Hall–Kier alpha value is -0.420. The van der Waals surface area contributed by atoms with E-state index in [9.17, 15) is 4.39 Å². The van der Waals surface area contributed by atoms with E-state index in [0.29, 0.717) is 17.0 Å². The first-order valence-electron chi connectivity index (χ1n) is 5.88. The fourth-order valence-corrected chi connectivity index (χ4v) is 3.80. The van der Waals surface area contributed by atoms with Gasteiger partial charge in [0.1, 0.15) is 5.82 Å². The van der Waals surface area contributed by atoms with Crippen LogP contribution in [0.4, 0.5) is 4.39 Å². The van der Waals surface area contributed by atoms with Crippen LogP contribution in [-0.4, -0.2) is 7.05 Å². The third-order valence-electron chi connectivity index (χ3n) is 3.00. The molecule has 102 valence electrons. The molecule has 1 aromatic carbocycles. The number of thiophene rings is 1. The fraction of sp³-hybridized carbons (Fsp3) is 0.286. The lowest BCUT2D eigenvalue weighted by Crippen LogP contribution is -2.18. The third kappa shape index (κ3) is 3.57. The molecule has 19 heavy (non-hydrogen) atoms. The minimum Gasteiger partial charge on any atom is -0.312 e. The molecular formula is C14H14BrClFNS. The van der Waals surface area contributed by atoms with E-state index in [-0.39, 0.29) is 11.9 Å². The predicted molar refractivity (Wildman–Crippen MR) is 83.7 cm³/mol. The van der Waals surface area contributed by atoms with Gasteiger partial charge in [-0.1, -0.05) is 11.6 Å². The molecule has 1 nitrogen and oxygen atoms in total. The first kappa shape index (κ1) is 15.0. The number of nitrogens with one attached hydrogen (secondary N) is 1. The monoisotopic (exact) mass is 361 g/mol. The molecule has 0 aliphatic heterocycles. The van der Waals surface area contributed by atoms with E-state index in [1.54, 1.807) is 23.5 Å². The number of benzene rings is 1. The van der Waals surface area contributed by atoms with Crippen molar-refractivity contribution in [2.75, 3.05) is 7.05 Å². The highest BCUT2D eigenvalue weighted by atomic mass is 79.9. The minimum atomic E-state index is -0.211. The van der Waals surface area contributed by atoms with E-state index in [1.165, 1.54) is 16.5 Å². The first-order chi connectivity index (χ1) is 9.01. The maximum atomic E-state index is 13.8.